The SMILES string of the molecule is O=C1CCC2C=CC3C1C23. The minimum absolute atomic E-state index is 0.476. The Balaban J connectivity index is 2.01. The lowest BCUT2D eigenvalue weighted by molar-refractivity contribution is -0.122. The van der Waals surface area contributed by atoms with E-state index in [1.54, 1.807) is 0 Å². The van der Waals surface area contributed by atoms with Crippen LogP contribution in [0.3, 0.4) is 0 Å². The number of rotatable bonds is 0. The van der Waals surface area contributed by atoms with E-state index < -0.39 is 0 Å². The quantitative estimate of drug-likeness (QED) is 0.458. The Morgan fingerprint density at radius 2 is 2.30 bits per heavy atom. The van der Waals surface area contributed by atoms with Crippen LogP contribution in [0.25, 0.3) is 0 Å². The van der Waals surface area contributed by atoms with E-state index in [1.807, 2.05) is 0 Å². The number of hydrogen-bond acceptors (Lipinski definition) is 1. The summed E-state index contributed by atoms with van der Waals surface area (Å²) in [6, 6.07) is 0. The van der Waals surface area contributed by atoms with Crippen molar-refractivity contribution in [3.05, 3.63) is 12.2 Å². The molecule has 0 aromatic rings. The molecule has 0 aromatic heterocycles. The number of fused-ring (bicyclic) bond motifs is 1. The van der Waals surface area contributed by atoms with Crippen LogP contribution in [0.2, 0.25) is 0 Å². The van der Waals surface area contributed by atoms with E-state index in [9.17, 15) is 4.79 Å². The summed E-state index contributed by atoms with van der Waals surface area (Å²) in [5.41, 5.74) is 0. The second kappa shape index (κ2) is 1.36. The molecular formula is C9H10O. The zero-order chi connectivity index (χ0) is 6.72. The number of allylic oxidation sites excluding steroid dienone is 2. The Kier molecular flexibility index (Phi) is 0.697. The van der Waals surface area contributed by atoms with Crippen molar-refractivity contribution in [2.24, 2.45) is 23.7 Å². The predicted molar refractivity (Wildman–Crippen MR) is 37.3 cm³/mol. The van der Waals surface area contributed by atoms with Crippen LogP contribution in [0.5, 0.6) is 0 Å². The highest BCUT2D eigenvalue weighted by Crippen LogP contribution is 2.61. The van der Waals surface area contributed by atoms with Gasteiger partial charge in [0.25, 0.3) is 0 Å². The Bertz CT molecular complexity index is 229. The molecule has 3 rings (SSSR count). The summed E-state index contributed by atoms with van der Waals surface area (Å²) < 4.78 is 0. The molecular weight excluding hydrogens is 124 g/mol. The van der Waals surface area contributed by atoms with E-state index in [0.29, 0.717) is 17.6 Å². The minimum Gasteiger partial charge on any atom is -0.299 e. The van der Waals surface area contributed by atoms with Gasteiger partial charge in [0.1, 0.15) is 5.78 Å². The molecule has 0 aliphatic heterocycles. The molecule has 0 bridgehead atoms. The standard InChI is InChI=1S/C9H10O/c10-7-4-2-5-1-3-6-8(5)9(6)7/h1,3,5-6,8-9H,2,4H2. The number of carbonyl (C=O) groups excluding carboxylic acids is 1. The molecule has 2 fully saturated rings. The van der Waals surface area contributed by atoms with E-state index in [2.05, 4.69) is 12.2 Å². The molecule has 3 aliphatic carbocycles. The largest absolute Gasteiger partial charge is 0.299 e. The molecule has 4 atom stereocenters. The van der Waals surface area contributed by atoms with Gasteiger partial charge in [-0.1, -0.05) is 12.2 Å². The van der Waals surface area contributed by atoms with Crippen LogP contribution in [0, 0.1) is 23.7 Å². The maximum Gasteiger partial charge on any atom is 0.136 e. The first kappa shape index (κ1) is 5.11. The van der Waals surface area contributed by atoms with Crippen LogP contribution >= 0.6 is 0 Å². The van der Waals surface area contributed by atoms with Crippen LogP contribution in [0.4, 0.5) is 0 Å². The van der Waals surface area contributed by atoms with Gasteiger partial charge in [0.2, 0.25) is 0 Å². The minimum atomic E-state index is 0.476. The molecule has 1 nitrogen and oxygen atoms in total. The van der Waals surface area contributed by atoms with E-state index in [-0.39, 0.29) is 0 Å². The molecule has 0 spiro atoms. The highest BCUT2D eigenvalue weighted by Gasteiger charge is 2.60. The fourth-order valence-electron chi connectivity index (χ4n) is 2.75. The second-order valence-electron chi connectivity index (χ2n) is 3.73. The lowest BCUT2D eigenvalue weighted by atomic mass is 9.89. The summed E-state index contributed by atoms with van der Waals surface area (Å²) in [4.78, 5) is 11.2. The molecule has 3 aliphatic rings. The molecule has 0 N–H and O–H groups in total. The maximum atomic E-state index is 11.2. The third-order valence-corrected chi connectivity index (χ3v) is 3.30. The van der Waals surface area contributed by atoms with Crippen molar-refractivity contribution in [1.29, 1.82) is 0 Å². The molecule has 52 valence electrons. The summed E-state index contributed by atoms with van der Waals surface area (Å²) in [6.45, 7) is 0. The number of Topliss-reactive ketones (excluding diaryl/α,β-unsaturated/α-hetero) is 1. The highest BCUT2D eigenvalue weighted by molar-refractivity contribution is 5.86. The molecule has 0 radical (unpaired) electrons. The van der Waals surface area contributed by atoms with E-state index in [0.717, 1.165) is 24.7 Å². The average Bonchev–Trinajstić information content (AvgIpc) is 2.51. The van der Waals surface area contributed by atoms with Crippen molar-refractivity contribution in [2.75, 3.05) is 0 Å². The molecule has 4 unspecified atom stereocenters. The molecule has 1 heteroatoms. The molecule has 0 saturated heterocycles. The maximum absolute atomic E-state index is 11.2. The average molecular weight is 134 g/mol. The summed E-state index contributed by atoms with van der Waals surface area (Å²) in [5, 5.41) is 0. The van der Waals surface area contributed by atoms with Crippen molar-refractivity contribution in [3.63, 3.8) is 0 Å². The first-order valence-corrected chi connectivity index (χ1v) is 4.09. The zero-order valence-electron chi connectivity index (χ0n) is 5.79. The van der Waals surface area contributed by atoms with Gasteiger partial charge in [0, 0.05) is 12.3 Å². The summed E-state index contributed by atoms with van der Waals surface area (Å²) >= 11 is 0. The van der Waals surface area contributed by atoms with E-state index in [1.165, 1.54) is 0 Å². The zero-order valence-corrected chi connectivity index (χ0v) is 5.79. The van der Waals surface area contributed by atoms with Gasteiger partial charge in [-0.2, -0.15) is 0 Å². The predicted octanol–water partition coefficient (Wildman–Crippen LogP) is 1.40. The Labute approximate surface area is 60.1 Å². The summed E-state index contributed by atoms with van der Waals surface area (Å²) in [5.74, 6) is 3.24. The normalized spacial score (nSPS) is 55.0. The second-order valence-corrected chi connectivity index (χ2v) is 3.73. The Morgan fingerprint density at radius 3 is 3.10 bits per heavy atom. The van der Waals surface area contributed by atoms with Crippen molar-refractivity contribution in [2.45, 2.75) is 12.8 Å². The lowest BCUT2D eigenvalue weighted by Crippen LogP contribution is -2.15. The van der Waals surface area contributed by atoms with Crippen molar-refractivity contribution in [3.8, 4) is 0 Å². The fourth-order valence-corrected chi connectivity index (χ4v) is 2.75. The van der Waals surface area contributed by atoms with E-state index >= 15 is 0 Å². The van der Waals surface area contributed by atoms with Gasteiger partial charge in [-0.05, 0) is 24.2 Å². The van der Waals surface area contributed by atoms with Gasteiger partial charge < -0.3 is 0 Å². The van der Waals surface area contributed by atoms with Gasteiger partial charge in [-0.15, -0.1) is 0 Å². The van der Waals surface area contributed by atoms with Crippen LogP contribution in [-0.2, 0) is 4.79 Å². The van der Waals surface area contributed by atoms with Crippen molar-refractivity contribution < 1.29 is 4.79 Å². The number of hydrogen-bond donors (Lipinski definition) is 0. The van der Waals surface area contributed by atoms with Crippen molar-refractivity contribution >= 4 is 5.78 Å². The molecule has 0 aromatic carbocycles. The Hall–Kier alpha value is -0.590. The summed E-state index contributed by atoms with van der Waals surface area (Å²) in [7, 11) is 0. The number of carbonyl (C=O) groups is 1. The number of ketones is 1. The van der Waals surface area contributed by atoms with E-state index in [4.69, 9.17) is 0 Å². The van der Waals surface area contributed by atoms with Crippen molar-refractivity contribution in [1.82, 2.24) is 0 Å². The first-order chi connectivity index (χ1) is 4.88. The third kappa shape index (κ3) is 0.405. The van der Waals surface area contributed by atoms with Crippen LogP contribution in [-0.4, -0.2) is 5.78 Å². The van der Waals surface area contributed by atoms with Gasteiger partial charge in [-0.25, -0.2) is 0 Å². The van der Waals surface area contributed by atoms with Gasteiger partial charge in [-0.3, -0.25) is 4.79 Å². The smallest absolute Gasteiger partial charge is 0.136 e. The molecule has 0 heterocycles. The monoisotopic (exact) mass is 134 g/mol. The third-order valence-electron chi connectivity index (χ3n) is 3.30. The molecule has 10 heavy (non-hydrogen) atoms. The van der Waals surface area contributed by atoms with Gasteiger partial charge in [0.05, 0.1) is 0 Å². The fraction of sp³-hybridized carbons (Fsp3) is 0.667. The highest BCUT2D eigenvalue weighted by atomic mass is 16.1. The van der Waals surface area contributed by atoms with Crippen LogP contribution < -0.4 is 0 Å². The summed E-state index contributed by atoms with van der Waals surface area (Å²) in [6.07, 6.45) is 6.56. The van der Waals surface area contributed by atoms with Gasteiger partial charge in [0.15, 0.2) is 0 Å². The molecule has 0 amide bonds. The topological polar surface area (TPSA) is 17.1 Å². The van der Waals surface area contributed by atoms with Crippen LogP contribution in [0.1, 0.15) is 12.8 Å². The van der Waals surface area contributed by atoms with Gasteiger partial charge >= 0.3 is 0 Å². The van der Waals surface area contributed by atoms with Crippen LogP contribution in [0.15, 0.2) is 12.2 Å². The Morgan fingerprint density at radius 1 is 1.40 bits per heavy atom. The molecule has 2 saturated carbocycles. The lowest BCUT2D eigenvalue weighted by Gasteiger charge is -2.15. The first-order valence-electron chi connectivity index (χ1n) is 4.09.